The number of rotatable bonds is 7. The highest BCUT2D eigenvalue weighted by atomic mass is 79.9. The van der Waals surface area contributed by atoms with Gasteiger partial charge in [-0.05, 0) is 65.7 Å². The van der Waals surface area contributed by atoms with Crippen molar-refractivity contribution in [2.45, 2.75) is 38.5 Å². The van der Waals surface area contributed by atoms with Crippen molar-refractivity contribution in [1.82, 2.24) is 19.2 Å². The molecule has 4 rings (SSSR count). The van der Waals surface area contributed by atoms with Crippen molar-refractivity contribution in [3.05, 3.63) is 67.3 Å². The Morgan fingerprint density at radius 3 is 2.65 bits per heavy atom. The fourth-order valence-corrected chi connectivity index (χ4v) is 4.91. The lowest BCUT2D eigenvalue weighted by Gasteiger charge is -2.15. The quantitative estimate of drug-likeness (QED) is 0.461. The first-order valence-electron chi connectivity index (χ1n) is 8.74. The van der Waals surface area contributed by atoms with Crippen LogP contribution in [0.15, 0.2) is 46.3 Å². The highest BCUT2D eigenvalue weighted by Gasteiger charge is 2.30. The summed E-state index contributed by atoms with van der Waals surface area (Å²) in [6.07, 6.45) is 2.44. The molecular formula is C19H21BrN4S2. The first-order valence-corrected chi connectivity index (χ1v) is 10.8. The SMILES string of the molecule is CN(Cc1ccc(Br)s1)Cn1nc(C2CC2)n(Cc2ccccc2)c1=S. The number of thiophene rings is 1. The van der Waals surface area contributed by atoms with Crippen molar-refractivity contribution in [3.63, 3.8) is 0 Å². The molecule has 0 bridgehead atoms. The summed E-state index contributed by atoms with van der Waals surface area (Å²) in [5.74, 6) is 1.71. The van der Waals surface area contributed by atoms with Crippen LogP contribution in [0.1, 0.15) is 35.0 Å². The summed E-state index contributed by atoms with van der Waals surface area (Å²) in [6, 6.07) is 14.8. The van der Waals surface area contributed by atoms with Crippen LogP contribution in [0.4, 0.5) is 0 Å². The zero-order valence-electron chi connectivity index (χ0n) is 14.6. The second-order valence-corrected chi connectivity index (χ2v) is 9.76. The van der Waals surface area contributed by atoms with Gasteiger partial charge in [0.2, 0.25) is 0 Å². The highest BCUT2D eigenvalue weighted by Crippen LogP contribution is 2.39. The van der Waals surface area contributed by atoms with E-state index in [9.17, 15) is 0 Å². The van der Waals surface area contributed by atoms with Crippen molar-refractivity contribution in [2.24, 2.45) is 0 Å². The Morgan fingerprint density at radius 1 is 1.23 bits per heavy atom. The van der Waals surface area contributed by atoms with E-state index in [1.165, 1.54) is 27.1 Å². The second kappa shape index (κ2) is 7.76. The molecule has 1 aliphatic carbocycles. The zero-order valence-corrected chi connectivity index (χ0v) is 17.9. The Morgan fingerprint density at radius 2 is 2.00 bits per heavy atom. The summed E-state index contributed by atoms with van der Waals surface area (Å²) in [5, 5.41) is 4.88. The normalized spacial score (nSPS) is 14.3. The lowest BCUT2D eigenvalue weighted by atomic mass is 10.2. The number of benzene rings is 1. The minimum Gasteiger partial charge on any atom is -0.299 e. The molecule has 1 saturated carbocycles. The molecule has 2 aromatic heterocycles. The molecular weight excluding hydrogens is 428 g/mol. The highest BCUT2D eigenvalue weighted by molar-refractivity contribution is 9.11. The molecule has 0 aliphatic heterocycles. The van der Waals surface area contributed by atoms with Gasteiger partial charge in [0, 0.05) is 17.3 Å². The van der Waals surface area contributed by atoms with Crippen LogP contribution < -0.4 is 0 Å². The molecule has 0 radical (unpaired) electrons. The van der Waals surface area contributed by atoms with Gasteiger partial charge in [-0.25, -0.2) is 4.68 Å². The third-order valence-electron chi connectivity index (χ3n) is 4.51. The van der Waals surface area contributed by atoms with Crippen LogP contribution in [0, 0.1) is 4.77 Å². The average molecular weight is 449 g/mol. The number of halogens is 1. The Hall–Kier alpha value is -1.28. The van der Waals surface area contributed by atoms with Crippen LogP contribution in [0.25, 0.3) is 0 Å². The Kier molecular flexibility index (Phi) is 5.40. The lowest BCUT2D eigenvalue weighted by Crippen LogP contribution is -2.22. The first-order chi connectivity index (χ1) is 12.6. The fraction of sp³-hybridized carbons (Fsp3) is 0.368. The van der Waals surface area contributed by atoms with Crippen LogP contribution in [0.2, 0.25) is 0 Å². The van der Waals surface area contributed by atoms with Gasteiger partial charge in [-0.15, -0.1) is 11.3 Å². The molecule has 1 fully saturated rings. The molecule has 3 aromatic rings. The fourth-order valence-electron chi connectivity index (χ4n) is 3.09. The topological polar surface area (TPSA) is 26.0 Å². The largest absolute Gasteiger partial charge is 0.299 e. The van der Waals surface area contributed by atoms with Gasteiger partial charge in [0.05, 0.1) is 17.0 Å². The van der Waals surface area contributed by atoms with E-state index in [0.717, 1.165) is 23.7 Å². The van der Waals surface area contributed by atoms with Gasteiger partial charge in [0.1, 0.15) is 5.82 Å². The van der Waals surface area contributed by atoms with Crippen molar-refractivity contribution in [3.8, 4) is 0 Å². The van der Waals surface area contributed by atoms with E-state index < -0.39 is 0 Å². The van der Waals surface area contributed by atoms with Crippen LogP contribution in [-0.4, -0.2) is 26.3 Å². The third-order valence-corrected chi connectivity index (χ3v) is 6.55. The van der Waals surface area contributed by atoms with Crippen molar-refractivity contribution < 1.29 is 0 Å². The Labute approximate surface area is 171 Å². The summed E-state index contributed by atoms with van der Waals surface area (Å²) in [7, 11) is 2.11. The minimum atomic E-state index is 0.570. The van der Waals surface area contributed by atoms with Gasteiger partial charge in [-0.2, -0.15) is 5.10 Å². The molecule has 2 heterocycles. The Balaban J connectivity index is 1.54. The molecule has 0 amide bonds. The summed E-state index contributed by atoms with van der Waals surface area (Å²) < 4.78 is 6.18. The monoisotopic (exact) mass is 448 g/mol. The van der Waals surface area contributed by atoms with Crippen LogP contribution in [0.3, 0.4) is 0 Å². The zero-order chi connectivity index (χ0) is 18.1. The van der Waals surface area contributed by atoms with E-state index in [1.807, 2.05) is 10.7 Å². The molecule has 1 aromatic carbocycles. The maximum Gasteiger partial charge on any atom is 0.199 e. The van der Waals surface area contributed by atoms with Gasteiger partial charge in [-0.3, -0.25) is 9.47 Å². The van der Waals surface area contributed by atoms with E-state index in [4.69, 9.17) is 17.3 Å². The van der Waals surface area contributed by atoms with Gasteiger partial charge < -0.3 is 0 Å². The van der Waals surface area contributed by atoms with Gasteiger partial charge in [-0.1, -0.05) is 30.3 Å². The van der Waals surface area contributed by atoms with E-state index in [-0.39, 0.29) is 0 Å². The first kappa shape index (κ1) is 18.1. The predicted molar refractivity (Wildman–Crippen MR) is 112 cm³/mol. The van der Waals surface area contributed by atoms with E-state index >= 15 is 0 Å². The van der Waals surface area contributed by atoms with E-state index in [1.54, 1.807) is 11.3 Å². The molecule has 7 heteroatoms. The third kappa shape index (κ3) is 4.17. The molecule has 1 aliphatic rings. The van der Waals surface area contributed by atoms with Crippen LogP contribution in [-0.2, 0) is 19.8 Å². The van der Waals surface area contributed by atoms with Crippen molar-refractivity contribution in [2.75, 3.05) is 7.05 Å². The number of aromatic nitrogens is 3. The standard InChI is InChI=1S/C19H21BrN4S2/c1-22(12-16-9-10-17(20)26-16)13-24-19(25)23(18(21-24)15-7-8-15)11-14-5-3-2-4-6-14/h2-6,9-10,15H,7-8,11-13H2,1H3. The molecule has 0 spiro atoms. The van der Waals surface area contributed by atoms with Crippen molar-refractivity contribution >= 4 is 39.5 Å². The molecule has 4 nitrogen and oxygen atoms in total. The smallest absolute Gasteiger partial charge is 0.199 e. The molecule has 0 atom stereocenters. The Bertz CT molecular complexity index is 940. The molecule has 26 heavy (non-hydrogen) atoms. The lowest BCUT2D eigenvalue weighted by molar-refractivity contribution is 0.245. The number of hydrogen-bond acceptors (Lipinski definition) is 4. The van der Waals surface area contributed by atoms with E-state index in [0.29, 0.717) is 12.6 Å². The van der Waals surface area contributed by atoms with Gasteiger partial charge >= 0.3 is 0 Å². The molecule has 0 saturated heterocycles. The summed E-state index contributed by atoms with van der Waals surface area (Å²) in [4.78, 5) is 3.59. The maximum absolute atomic E-state index is 5.78. The second-order valence-electron chi connectivity index (χ2n) is 6.85. The van der Waals surface area contributed by atoms with Crippen molar-refractivity contribution in [1.29, 1.82) is 0 Å². The maximum atomic E-state index is 5.78. The molecule has 136 valence electrons. The average Bonchev–Trinajstić information content (AvgIpc) is 3.33. The minimum absolute atomic E-state index is 0.570. The number of nitrogens with zero attached hydrogens (tertiary/aromatic N) is 4. The predicted octanol–water partition coefficient (Wildman–Crippen LogP) is 5.25. The van der Waals surface area contributed by atoms with E-state index in [2.05, 4.69) is 68.8 Å². The van der Waals surface area contributed by atoms with Crippen LogP contribution in [0.5, 0.6) is 0 Å². The van der Waals surface area contributed by atoms with Crippen LogP contribution >= 0.6 is 39.5 Å². The summed E-state index contributed by atoms with van der Waals surface area (Å²) >= 11 is 11.1. The number of hydrogen-bond donors (Lipinski definition) is 0. The summed E-state index contributed by atoms with van der Waals surface area (Å²) in [5.41, 5.74) is 1.27. The van der Waals surface area contributed by atoms with Gasteiger partial charge in [0.25, 0.3) is 0 Å². The molecule has 0 unspecified atom stereocenters. The van der Waals surface area contributed by atoms with Gasteiger partial charge in [0.15, 0.2) is 4.77 Å². The summed E-state index contributed by atoms with van der Waals surface area (Å²) in [6.45, 7) is 2.39. The molecule has 0 N–H and O–H groups in total.